The predicted octanol–water partition coefficient (Wildman–Crippen LogP) is 2.48. The molecule has 0 saturated heterocycles. The topological polar surface area (TPSA) is 46.0 Å². The Balaban J connectivity index is 2.25. The number of hydrogen-bond acceptors (Lipinski definition) is 3. The van der Waals surface area contributed by atoms with Crippen molar-refractivity contribution < 1.29 is 5.11 Å². The third-order valence-electron chi connectivity index (χ3n) is 2.32. The number of unbranched alkanes of at least 4 members (excludes halogenated alkanes) is 3. The Morgan fingerprint density at radius 3 is 2.79 bits per heavy atom. The van der Waals surface area contributed by atoms with Crippen LogP contribution in [-0.2, 0) is 0 Å². The van der Waals surface area contributed by atoms with Crippen molar-refractivity contribution in [3.63, 3.8) is 0 Å². The first-order valence-corrected chi connectivity index (χ1v) is 5.29. The van der Waals surface area contributed by atoms with E-state index < -0.39 is 0 Å². The van der Waals surface area contributed by atoms with E-state index >= 15 is 0 Å². The third-order valence-corrected chi connectivity index (χ3v) is 2.32. The van der Waals surface area contributed by atoms with Gasteiger partial charge in [-0.2, -0.15) is 10.2 Å². The normalized spacial score (nSPS) is 12.7. The molecule has 78 valence electrons. The molecule has 0 spiro atoms. The molecule has 1 aromatic rings. The van der Waals surface area contributed by atoms with E-state index in [4.69, 9.17) is 0 Å². The molecule has 3 heteroatoms. The zero-order chi connectivity index (χ0) is 10.2. The molecule has 14 heavy (non-hydrogen) atoms. The number of aromatic nitrogens is 2. The molecule has 1 unspecified atom stereocenters. The highest BCUT2D eigenvalue weighted by molar-refractivity contribution is 5.08. The van der Waals surface area contributed by atoms with Crippen LogP contribution < -0.4 is 0 Å². The third kappa shape index (κ3) is 3.83. The molecular weight excluding hydrogens is 176 g/mol. The van der Waals surface area contributed by atoms with E-state index in [2.05, 4.69) is 17.1 Å². The van der Waals surface area contributed by atoms with Gasteiger partial charge in [-0.1, -0.05) is 32.6 Å². The second-order valence-electron chi connectivity index (χ2n) is 3.54. The van der Waals surface area contributed by atoms with Crippen molar-refractivity contribution in [3.8, 4) is 0 Å². The van der Waals surface area contributed by atoms with Gasteiger partial charge < -0.3 is 5.11 Å². The summed E-state index contributed by atoms with van der Waals surface area (Å²) in [6.07, 6.45) is 8.46. The zero-order valence-corrected chi connectivity index (χ0v) is 8.69. The molecule has 1 aromatic heterocycles. The van der Waals surface area contributed by atoms with Gasteiger partial charge in [0.1, 0.15) is 0 Å². The van der Waals surface area contributed by atoms with Crippen LogP contribution in [0.2, 0.25) is 0 Å². The van der Waals surface area contributed by atoms with Gasteiger partial charge in [0.15, 0.2) is 0 Å². The molecule has 1 heterocycles. The van der Waals surface area contributed by atoms with Crippen LogP contribution in [0.15, 0.2) is 18.5 Å². The average Bonchev–Trinajstić information content (AvgIpc) is 2.25. The Morgan fingerprint density at radius 1 is 1.29 bits per heavy atom. The van der Waals surface area contributed by atoms with Crippen LogP contribution in [0, 0.1) is 0 Å². The second-order valence-corrected chi connectivity index (χ2v) is 3.54. The van der Waals surface area contributed by atoms with Crippen LogP contribution in [0.4, 0.5) is 0 Å². The van der Waals surface area contributed by atoms with Gasteiger partial charge >= 0.3 is 0 Å². The number of hydrogen-bond donors (Lipinski definition) is 1. The smallest absolute Gasteiger partial charge is 0.0806 e. The minimum atomic E-state index is -0.373. The van der Waals surface area contributed by atoms with Crippen molar-refractivity contribution in [2.24, 2.45) is 0 Å². The molecule has 1 atom stereocenters. The molecular formula is C11H18N2O. The largest absolute Gasteiger partial charge is 0.388 e. The number of nitrogens with zero attached hydrogens (tertiary/aromatic N) is 2. The lowest BCUT2D eigenvalue weighted by Gasteiger charge is -2.09. The summed E-state index contributed by atoms with van der Waals surface area (Å²) in [5.41, 5.74) is 0.872. The van der Waals surface area contributed by atoms with Gasteiger partial charge in [0, 0.05) is 11.8 Å². The SMILES string of the molecule is CCCCCCC(O)c1ccnnc1. The summed E-state index contributed by atoms with van der Waals surface area (Å²) in [6, 6.07) is 1.82. The van der Waals surface area contributed by atoms with E-state index in [0.717, 1.165) is 18.4 Å². The monoisotopic (exact) mass is 194 g/mol. The van der Waals surface area contributed by atoms with Gasteiger partial charge in [0.05, 0.1) is 12.3 Å². The zero-order valence-electron chi connectivity index (χ0n) is 8.69. The highest BCUT2D eigenvalue weighted by Gasteiger charge is 2.06. The summed E-state index contributed by atoms with van der Waals surface area (Å²) < 4.78 is 0. The maximum atomic E-state index is 9.75. The van der Waals surface area contributed by atoms with Crippen LogP contribution in [0.25, 0.3) is 0 Å². The van der Waals surface area contributed by atoms with Crippen molar-refractivity contribution in [1.82, 2.24) is 10.2 Å². The van der Waals surface area contributed by atoms with Crippen molar-refractivity contribution in [2.45, 2.75) is 45.1 Å². The van der Waals surface area contributed by atoms with Gasteiger partial charge in [-0.15, -0.1) is 0 Å². The molecule has 3 nitrogen and oxygen atoms in total. The number of aliphatic hydroxyl groups is 1. The molecule has 0 aliphatic rings. The van der Waals surface area contributed by atoms with Gasteiger partial charge in [-0.05, 0) is 12.5 Å². The van der Waals surface area contributed by atoms with Crippen molar-refractivity contribution in [2.75, 3.05) is 0 Å². The Morgan fingerprint density at radius 2 is 2.14 bits per heavy atom. The Kier molecular flexibility index (Phi) is 5.15. The first-order chi connectivity index (χ1) is 6.84. The lowest BCUT2D eigenvalue weighted by atomic mass is 10.0. The van der Waals surface area contributed by atoms with E-state index in [1.54, 1.807) is 12.4 Å². The van der Waals surface area contributed by atoms with Crippen LogP contribution in [0.1, 0.15) is 50.7 Å². The first kappa shape index (κ1) is 11.1. The fourth-order valence-electron chi connectivity index (χ4n) is 1.43. The summed E-state index contributed by atoms with van der Waals surface area (Å²) in [5, 5.41) is 17.2. The standard InChI is InChI=1S/C11H18N2O/c1-2-3-4-5-6-11(14)10-7-8-12-13-9-10/h7-9,11,14H,2-6H2,1H3. The lowest BCUT2D eigenvalue weighted by molar-refractivity contribution is 0.163. The summed E-state index contributed by atoms with van der Waals surface area (Å²) in [7, 11) is 0. The molecule has 1 N–H and O–H groups in total. The van der Waals surface area contributed by atoms with E-state index in [0.29, 0.717) is 0 Å². The van der Waals surface area contributed by atoms with Gasteiger partial charge in [0.2, 0.25) is 0 Å². The molecule has 0 aromatic carbocycles. The molecule has 0 amide bonds. The second kappa shape index (κ2) is 6.49. The quantitative estimate of drug-likeness (QED) is 0.708. The van der Waals surface area contributed by atoms with Crippen LogP contribution in [0.3, 0.4) is 0 Å². The van der Waals surface area contributed by atoms with Crippen LogP contribution >= 0.6 is 0 Å². The molecule has 0 aliphatic heterocycles. The molecule has 0 aliphatic carbocycles. The summed E-state index contributed by atoms with van der Waals surface area (Å²) in [6.45, 7) is 2.18. The Labute approximate surface area is 85.2 Å². The summed E-state index contributed by atoms with van der Waals surface area (Å²) in [5.74, 6) is 0. The maximum absolute atomic E-state index is 9.75. The van der Waals surface area contributed by atoms with Crippen LogP contribution in [0.5, 0.6) is 0 Å². The Hall–Kier alpha value is -0.960. The van der Waals surface area contributed by atoms with Crippen LogP contribution in [-0.4, -0.2) is 15.3 Å². The highest BCUT2D eigenvalue weighted by atomic mass is 16.3. The molecule has 0 radical (unpaired) electrons. The fraction of sp³-hybridized carbons (Fsp3) is 0.636. The van der Waals surface area contributed by atoms with Crippen molar-refractivity contribution >= 4 is 0 Å². The van der Waals surface area contributed by atoms with E-state index in [1.165, 1.54) is 19.3 Å². The maximum Gasteiger partial charge on any atom is 0.0806 e. The highest BCUT2D eigenvalue weighted by Crippen LogP contribution is 2.18. The predicted molar refractivity (Wildman–Crippen MR) is 55.8 cm³/mol. The minimum Gasteiger partial charge on any atom is -0.388 e. The van der Waals surface area contributed by atoms with E-state index in [9.17, 15) is 5.11 Å². The molecule has 0 fully saturated rings. The number of rotatable bonds is 6. The molecule has 0 saturated carbocycles. The van der Waals surface area contributed by atoms with Crippen molar-refractivity contribution in [1.29, 1.82) is 0 Å². The van der Waals surface area contributed by atoms with Gasteiger partial charge in [-0.25, -0.2) is 0 Å². The van der Waals surface area contributed by atoms with Crippen molar-refractivity contribution in [3.05, 3.63) is 24.0 Å². The fourth-order valence-corrected chi connectivity index (χ4v) is 1.43. The van der Waals surface area contributed by atoms with E-state index in [-0.39, 0.29) is 6.10 Å². The Bertz CT molecular complexity index is 238. The summed E-state index contributed by atoms with van der Waals surface area (Å²) >= 11 is 0. The molecule has 1 rings (SSSR count). The van der Waals surface area contributed by atoms with E-state index in [1.807, 2.05) is 6.07 Å². The average molecular weight is 194 g/mol. The lowest BCUT2D eigenvalue weighted by Crippen LogP contribution is -1.98. The number of aliphatic hydroxyl groups excluding tert-OH is 1. The van der Waals surface area contributed by atoms with Gasteiger partial charge in [-0.3, -0.25) is 0 Å². The first-order valence-electron chi connectivity index (χ1n) is 5.29. The molecule has 0 bridgehead atoms. The summed E-state index contributed by atoms with van der Waals surface area (Å²) in [4.78, 5) is 0. The minimum absolute atomic E-state index is 0.373. The van der Waals surface area contributed by atoms with Gasteiger partial charge in [0.25, 0.3) is 0 Å².